The minimum Gasteiger partial charge on any atom is -0.481 e. The molecule has 1 N–H and O–H groups in total. The molecule has 0 aromatic heterocycles. The van der Waals surface area contributed by atoms with E-state index in [0.29, 0.717) is 16.9 Å². The van der Waals surface area contributed by atoms with Crippen LogP contribution in [-0.4, -0.2) is 40.8 Å². The topological polar surface area (TPSA) is 66.8 Å². The third kappa shape index (κ3) is 4.62. The molecule has 8 heteroatoms. The number of ether oxygens (including phenoxy) is 1. The number of rotatable bonds is 4. The van der Waals surface area contributed by atoms with Crippen LogP contribution in [0.25, 0.3) is 0 Å². The Labute approximate surface area is 137 Å². The first-order valence-corrected chi connectivity index (χ1v) is 7.55. The van der Waals surface area contributed by atoms with Gasteiger partial charge in [0.2, 0.25) is 0 Å². The molecule has 1 saturated heterocycles. The van der Waals surface area contributed by atoms with Crippen LogP contribution in [0.3, 0.4) is 0 Å². The summed E-state index contributed by atoms with van der Waals surface area (Å²) in [5.41, 5.74) is 0.661. The van der Waals surface area contributed by atoms with Crippen LogP contribution in [0.15, 0.2) is 30.3 Å². The number of carbonyl (C=O) groups is 2. The molecule has 1 aromatic rings. The number of amides is 1. The van der Waals surface area contributed by atoms with Gasteiger partial charge in [0.05, 0.1) is 6.42 Å². The smallest absolute Gasteiger partial charge is 0.410 e. The molecule has 2 rings (SSSR count). The van der Waals surface area contributed by atoms with Crippen LogP contribution in [0.1, 0.15) is 24.8 Å². The third-order valence-corrected chi connectivity index (χ3v) is 3.97. The highest BCUT2D eigenvalue weighted by atomic mass is 19.4. The SMILES string of the molecule is O=C(O)CC1CCCN(C(=O)OCc2ccccc2)C1C(F)(F)F. The van der Waals surface area contributed by atoms with E-state index in [0.717, 1.165) is 0 Å². The fourth-order valence-corrected chi connectivity index (χ4v) is 2.96. The summed E-state index contributed by atoms with van der Waals surface area (Å²) in [5, 5.41) is 8.82. The Balaban J connectivity index is 2.09. The summed E-state index contributed by atoms with van der Waals surface area (Å²) < 4.78 is 45.1. The van der Waals surface area contributed by atoms with Crippen LogP contribution >= 0.6 is 0 Å². The number of carboxylic acids is 1. The minimum atomic E-state index is -4.70. The summed E-state index contributed by atoms with van der Waals surface area (Å²) >= 11 is 0. The number of piperidine rings is 1. The summed E-state index contributed by atoms with van der Waals surface area (Å²) in [5.74, 6) is -2.48. The number of carbonyl (C=O) groups excluding carboxylic acids is 1. The Kier molecular flexibility index (Phi) is 5.69. The first-order valence-electron chi connectivity index (χ1n) is 7.55. The second kappa shape index (κ2) is 7.55. The second-order valence-corrected chi connectivity index (χ2v) is 5.72. The summed E-state index contributed by atoms with van der Waals surface area (Å²) in [4.78, 5) is 23.6. The molecule has 24 heavy (non-hydrogen) atoms. The number of benzene rings is 1. The molecule has 1 aliphatic rings. The molecule has 1 heterocycles. The van der Waals surface area contributed by atoms with Gasteiger partial charge in [0.1, 0.15) is 12.6 Å². The molecule has 2 atom stereocenters. The number of hydrogen-bond acceptors (Lipinski definition) is 3. The Hall–Kier alpha value is -2.25. The number of likely N-dealkylation sites (tertiary alicyclic amines) is 1. The molecule has 0 spiro atoms. The van der Waals surface area contributed by atoms with Crippen LogP contribution in [0.4, 0.5) is 18.0 Å². The van der Waals surface area contributed by atoms with Gasteiger partial charge in [0, 0.05) is 6.54 Å². The molecular formula is C16H18F3NO4. The van der Waals surface area contributed by atoms with Gasteiger partial charge >= 0.3 is 18.2 Å². The third-order valence-electron chi connectivity index (χ3n) is 3.97. The molecule has 1 amide bonds. The van der Waals surface area contributed by atoms with Crippen molar-refractivity contribution in [3.8, 4) is 0 Å². The average Bonchev–Trinajstić information content (AvgIpc) is 2.51. The first kappa shape index (κ1) is 18.1. The highest BCUT2D eigenvalue weighted by molar-refractivity contribution is 5.70. The molecule has 0 saturated carbocycles. The van der Waals surface area contributed by atoms with Gasteiger partial charge in [-0.3, -0.25) is 9.69 Å². The normalized spacial score (nSPS) is 21.4. The van der Waals surface area contributed by atoms with E-state index < -0.39 is 36.6 Å². The van der Waals surface area contributed by atoms with E-state index in [9.17, 15) is 22.8 Å². The average molecular weight is 345 g/mol. The van der Waals surface area contributed by atoms with Crippen molar-refractivity contribution in [3.05, 3.63) is 35.9 Å². The Morgan fingerprint density at radius 2 is 1.92 bits per heavy atom. The number of carboxylic acid groups (broad SMARTS) is 1. The lowest BCUT2D eigenvalue weighted by Crippen LogP contribution is -2.56. The quantitative estimate of drug-likeness (QED) is 0.908. The van der Waals surface area contributed by atoms with Gasteiger partial charge in [-0.05, 0) is 24.3 Å². The lowest BCUT2D eigenvalue weighted by Gasteiger charge is -2.40. The van der Waals surface area contributed by atoms with E-state index in [1.165, 1.54) is 0 Å². The van der Waals surface area contributed by atoms with Crippen molar-refractivity contribution in [2.75, 3.05) is 6.54 Å². The van der Waals surface area contributed by atoms with E-state index in [-0.39, 0.29) is 19.6 Å². The maximum absolute atomic E-state index is 13.4. The predicted molar refractivity (Wildman–Crippen MR) is 78.2 cm³/mol. The summed E-state index contributed by atoms with van der Waals surface area (Å²) in [7, 11) is 0. The lowest BCUT2D eigenvalue weighted by molar-refractivity contribution is -0.201. The van der Waals surface area contributed by atoms with E-state index in [1.54, 1.807) is 30.3 Å². The van der Waals surface area contributed by atoms with E-state index in [1.807, 2.05) is 0 Å². The number of hydrogen-bond donors (Lipinski definition) is 1. The molecule has 1 aromatic carbocycles. The standard InChI is InChI=1S/C16H18F3NO4/c17-16(18,19)14-12(9-13(21)22)7-4-8-20(14)15(23)24-10-11-5-2-1-3-6-11/h1-3,5-6,12,14H,4,7-10H2,(H,21,22). The largest absolute Gasteiger partial charge is 0.481 e. The minimum absolute atomic E-state index is 0.103. The highest BCUT2D eigenvalue weighted by Crippen LogP contribution is 2.37. The molecule has 0 aliphatic carbocycles. The van der Waals surface area contributed by atoms with Gasteiger partial charge in [0.15, 0.2) is 0 Å². The first-order chi connectivity index (χ1) is 11.3. The molecule has 5 nitrogen and oxygen atoms in total. The maximum Gasteiger partial charge on any atom is 0.410 e. The monoisotopic (exact) mass is 345 g/mol. The Morgan fingerprint density at radius 3 is 2.50 bits per heavy atom. The van der Waals surface area contributed by atoms with Gasteiger partial charge in [-0.2, -0.15) is 13.2 Å². The van der Waals surface area contributed by atoms with Crippen LogP contribution in [0.5, 0.6) is 0 Å². The number of aliphatic carboxylic acids is 1. The van der Waals surface area contributed by atoms with Gasteiger partial charge in [-0.1, -0.05) is 30.3 Å². The van der Waals surface area contributed by atoms with Crippen molar-refractivity contribution in [2.24, 2.45) is 5.92 Å². The molecule has 0 bridgehead atoms. The number of halogens is 3. The molecular weight excluding hydrogens is 327 g/mol. The zero-order valence-corrected chi connectivity index (χ0v) is 12.8. The molecule has 132 valence electrons. The zero-order valence-electron chi connectivity index (χ0n) is 12.8. The van der Waals surface area contributed by atoms with Crippen molar-refractivity contribution in [3.63, 3.8) is 0 Å². The van der Waals surface area contributed by atoms with Crippen LogP contribution in [-0.2, 0) is 16.1 Å². The molecule has 2 unspecified atom stereocenters. The second-order valence-electron chi connectivity index (χ2n) is 5.72. The summed E-state index contributed by atoms with van der Waals surface area (Å²) in [6.45, 7) is -0.238. The summed E-state index contributed by atoms with van der Waals surface area (Å²) in [6, 6.07) is 6.48. The van der Waals surface area contributed by atoms with E-state index >= 15 is 0 Å². The van der Waals surface area contributed by atoms with Crippen molar-refractivity contribution in [1.82, 2.24) is 4.90 Å². The Bertz CT molecular complexity index is 576. The van der Waals surface area contributed by atoms with Gasteiger partial charge in [-0.15, -0.1) is 0 Å². The molecule has 1 fully saturated rings. The predicted octanol–water partition coefficient (Wildman–Crippen LogP) is 3.44. The number of alkyl halides is 3. The lowest BCUT2D eigenvalue weighted by atomic mass is 9.86. The van der Waals surface area contributed by atoms with Gasteiger partial charge < -0.3 is 9.84 Å². The van der Waals surface area contributed by atoms with Crippen molar-refractivity contribution >= 4 is 12.1 Å². The van der Waals surface area contributed by atoms with Crippen LogP contribution in [0.2, 0.25) is 0 Å². The van der Waals surface area contributed by atoms with Crippen molar-refractivity contribution in [2.45, 2.75) is 38.1 Å². The fraction of sp³-hybridized carbons (Fsp3) is 0.500. The molecule has 0 radical (unpaired) electrons. The van der Waals surface area contributed by atoms with Crippen LogP contribution in [0, 0.1) is 5.92 Å². The molecule has 1 aliphatic heterocycles. The van der Waals surface area contributed by atoms with Crippen LogP contribution < -0.4 is 0 Å². The van der Waals surface area contributed by atoms with E-state index in [4.69, 9.17) is 9.84 Å². The zero-order chi connectivity index (χ0) is 17.7. The Morgan fingerprint density at radius 1 is 1.25 bits per heavy atom. The summed E-state index contributed by atoms with van der Waals surface area (Å²) in [6.07, 6.45) is -5.99. The van der Waals surface area contributed by atoms with E-state index in [2.05, 4.69) is 0 Å². The fourth-order valence-electron chi connectivity index (χ4n) is 2.96. The number of nitrogens with zero attached hydrogens (tertiary/aromatic N) is 1. The van der Waals surface area contributed by atoms with Gasteiger partial charge in [0.25, 0.3) is 0 Å². The van der Waals surface area contributed by atoms with Crippen molar-refractivity contribution in [1.29, 1.82) is 0 Å². The van der Waals surface area contributed by atoms with Crippen molar-refractivity contribution < 1.29 is 32.6 Å². The van der Waals surface area contributed by atoms with Gasteiger partial charge in [-0.25, -0.2) is 4.79 Å². The highest BCUT2D eigenvalue weighted by Gasteiger charge is 2.52. The maximum atomic E-state index is 13.4.